The van der Waals surface area contributed by atoms with E-state index in [-0.39, 0.29) is 0 Å². The van der Waals surface area contributed by atoms with Crippen molar-refractivity contribution in [2.75, 3.05) is 13.6 Å². The number of hydrogen-bond donors (Lipinski definition) is 1. The molecule has 0 aliphatic heterocycles. The average Bonchev–Trinajstić information content (AvgIpc) is 2.23. The zero-order valence-corrected chi connectivity index (χ0v) is 12.2. The summed E-state index contributed by atoms with van der Waals surface area (Å²) in [6.45, 7) is 12.5. The molecule has 0 fully saturated rings. The first kappa shape index (κ1) is 14.2. The van der Waals surface area contributed by atoms with Gasteiger partial charge in [0.15, 0.2) is 0 Å². The molecule has 0 saturated carbocycles. The van der Waals surface area contributed by atoms with Crippen LogP contribution in [0.4, 0.5) is 0 Å². The van der Waals surface area contributed by atoms with Crippen LogP contribution < -0.4 is 5.32 Å². The van der Waals surface area contributed by atoms with E-state index in [9.17, 15) is 0 Å². The zero-order chi connectivity index (χ0) is 13.1. The van der Waals surface area contributed by atoms with Crippen molar-refractivity contribution >= 4 is 0 Å². The van der Waals surface area contributed by atoms with Gasteiger partial charge in [0.2, 0.25) is 0 Å². The molecular weight excluding hydrogens is 206 g/mol. The summed E-state index contributed by atoms with van der Waals surface area (Å²) in [4.78, 5) is 0. The molecule has 1 aromatic rings. The number of nitrogens with one attached hydrogen (secondary N) is 1. The van der Waals surface area contributed by atoms with Crippen LogP contribution in [0, 0.1) is 25.2 Å². The largest absolute Gasteiger partial charge is 0.319 e. The Bertz CT molecular complexity index is 368. The fraction of sp³-hybridized carbons (Fsp3) is 0.625. The van der Waals surface area contributed by atoms with E-state index in [1.165, 1.54) is 16.7 Å². The Kier molecular flexibility index (Phi) is 4.76. The fourth-order valence-corrected chi connectivity index (χ4v) is 2.25. The summed E-state index contributed by atoms with van der Waals surface area (Å²) >= 11 is 0. The van der Waals surface area contributed by atoms with E-state index in [1.54, 1.807) is 0 Å². The van der Waals surface area contributed by atoms with E-state index in [4.69, 9.17) is 0 Å². The summed E-state index contributed by atoms with van der Waals surface area (Å²) in [6, 6.07) is 6.86. The number of rotatable bonds is 5. The highest BCUT2D eigenvalue weighted by atomic mass is 14.8. The summed E-state index contributed by atoms with van der Waals surface area (Å²) in [5.41, 5.74) is 4.57. The highest BCUT2D eigenvalue weighted by molar-refractivity contribution is 5.30. The SMILES string of the molecule is CNCC(C)(Cc1ccc(C)c(C)c1)C(C)C. The second-order valence-corrected chi connectivity index (χ2v) is 5.93. The van der Waals surface area contributed by atoms with Crippen LogP contribution in [-0.2, 0) is 6.42 Å². The summed E-state index contributed by atoms with van der Waals surface area (Å²) in [7, 11) is 2.04. The molecule has 1 unspecified atom stereocenters. The van der Waals surface area contributed by atoms with Gasteiger partial charge in [0.25, 0.3) is 0 Å². The lowest BCUT2D eigenvalue weighted by Crippen LogP contribution is -2.36. The van der Waals surface area contributed by atoms with Crippen LogP contribution in [0.2, 0.25) is 0 Å². The van der Waals surface area contributed by atoms with Gasteiger partial charge in [-0.25, -0.2) is 0 Å². The Labute approximate surface area is 107 Å². The van der Waals surface area contributed by atoms with Crippen molar-refractivity contribution in [1.29, 1.82) is 0 Å². The molecule has 0 aliphatic rings. The van der Waals surface area contributed by atoms with Crippen LogP contribution in [0.3, 0.4) is 0 Å². The lowest BCUT2D eigenvalue weighted by atomic mass is 9.74. The van der Waals surface area contributed by atoms with E-state index in [1.807, 2.05) is 7.05 Å². The minimum Gasteiger partial charge on any atom is -0.319 e. The molecule has 0 heterocycles. The topological polar surface area (TPSA) is 12.0 Å². The predicted molar refractivity (Wildman–Crippen MR) is 76.5 cm³/mol. The minimum atomic E-state index is 0.330. The van der Waals surface area contributed by atoms with Gasteiger partial charge in [0, 0.05) is 6.54 Å². The van der Waals surface area contributed by atoms with Crippen molar-refractivity contribution in [2.45, 2.75) is 41.0 Å². The van der Waals surface area contributed by atoms with Gasteiger partial charge in [-0.2, -0.15) is 0 Å². The molecule has 1 aromatic carbocycles. The van der Waals surface area contributed by atoms with Crippen LogP contribution in [0.1, 0.15) is 37.5 Å². The van der Waals surface area contributed by atoms with Crippen LogP contribution in [0.5, 0.6) is 0 Å². The smallest absolute Gasteiger partial charge is 0.000780 e. The normalized spacial score (nSPS) is 15.0. The Morgan fingerprint density at radius 1 is 1.18 bits per heavy atom. The van der Waals surface area contributed by atoms with Crippen molar-refractivity contribution in [1.82, 2.24) is 5.32 Å². The first-order valence-electron chi connectivity index (χ1n) is 6.60. The zero-order valence-electron chi connectivity index (χ0n) is 12.2. The number of hydrogen-bond acceptors (Lipinski definition) is 1. The summed E-state index contributed by atoms with van der Waals surface area (Å²) < 4.78 is 0. The molecule has 1 heteroatoms. The first-order chi connectivity index (χ1) is 7.89. The second kappa shape index (κ2) is 5.68. The minimum absolute atomic E-state index is 0.330. The molecule has 17 heavy (non-hydrogen) atoms. The van der Waals surface area contributed by atoms with E-state index in [0.717, 1.165) is 13.0 Å². The van der Waals surface area contributed by atoms with Crippen LogP contribution >= 0.6 is 0 Å². The standard InChI is InChI=1S/C16H27N/c1-12(2)16(5,11-17-6)10-15-8-7-13(3)14(4)9-15/h7-9,12,17H,10-11H2,1-6H3. The van der Waals surface area contributed by atoms with Crippen molar-refractivity contribution in [3.05, 3.63) is 34.9 Å². The van der Waals surface area contributed by atoms with Crippen molar-refractivity contribution in [3.8, 4) is 0 Å². The van der Waals surface area contributed by atoms with Gasteiger partial charge in [0.05, 0.1) is 0 Å². The molecule has 0 radical (unpaired) electrons. The second-order valence-electron chi connectivity index (χ2n) is 5.93. The van der Waals surface area contributed by atoms with Gasteiger partial charge in [-0.05, 0) is 55.3 Å². The molecule has 0 aliphatic carbocycles. The highest BCUT2D eigenvalue weighted by Crippen LogP contribution is 2.31. The Hall–Kier alpha value is -0.820. The highest BCUT2D eigenvalue weighted by Gasteiger charge is 2.27. The van der Waals surface area contributed by atoms with E-state index in [2.05, 4.69) is 58.1 Å². The Morgan fingerprint density at radius 3 is 2.29 bits per heavy atom. The summed E-state index contributed by atoms with van der Waals surface area (Å²) in [5, 5.41) is 3.34. The predicted octanol–water partition coefficient (Wildman–Crippen LogP) is 3.73. The summed E-state index contributed by atoms with van der Waals surface area (Å²) in [5.74, 6) is 0.677. The molecule has 96 valence electrons. The number of aryl methyl sites for hydroxylation is 2. The molecule has 0 amide bonds. The Morgan fingerprint density at radius 2 is 1.82 bits per heavy atom. The molecule has 1 atom stereocenters. The van der Waals surface area contributed by atoms with Gasteiger partial charge in [0.1, 0.15) is 0 Å². The fourth-order valence-electron chi connectivity index (χ4n) is 2.25. The van der Waals surface area contributed by atoms with Crippen LogP contribution in [-0.4, -0.2) is 13.6 Å². The maximum absolute atomic E-state index is 3.34. The maximum Gasteiger partial charge on any atom is 0.000780 e. The van der Waals surface area contributed by atoms with E-state index >= 15 is 0 Å². The summed E-state index contributed by atoms with van der Waals surface area (Å²) in [6.07, 6.45) is 1.15. The molecule has 0 aromatic heterocycles. The van der Waals surface area contributed by atoms with Crippen LogP contribution in [0.25, 0.3) is 0 Å². The lowest BCUT2D eigenvalue weighted by molar-refractivity contribution is 0.212. The third kappa shape index (κ3) is 3.57. The third-order valence-electron chi connectivity index (χ3n) is 4.15. The Balaban J connectivity index is 2.90. The molecule has 1 rings (SSSR count). The van der Waals surface area contributed by atoms with Gasteiger partial charge in [-0.3, -0.25) is 0 Å². The van der Waals surface area contributed by atoms with Crippen molar-refractivity contribution in [2.24, 2.45) is 11.3 Å². The molecule has 0 spiro atoms. The van der Waals surface area contributed by atoms with Crippen molar-refractivity contribution < 1.29 is 0 Å². The van der Waals surface area contributed by atoms with Gasteiger partial charge < -0.3 is 5.32 Å². The maximum atomic E-state index is 3.34. The monoisotopic (exact) mass is 233 g/mol. The quantitative estimate of drug-likeness (QED) is 0.817. The van der Waals surface area contributed by atoms with E-state index in [0.29, 0.717) is 11.3 Å². The molecule has 0 bridgehead atoms. The molecule has 1 N–H and O–H groups in total. The van der Waals surface area contributed by atoms with Gasteiger partial charge >= 0.3 is 0 Å². The third-order valence-corrected chi connectivity index (χ3v) is 4.15. The molecule has 0 saturated heterocycles. The van der Waals surface area contributed by atoms with Gasteiger partial charge in [-0.1, -0.05) is 39.0 Å². The average molecular weight is 233 g/mol. The molecular formula is C16H27N. The lowest BCUT2D eigenvalue weighted by Gasteiger charge is -2.34. The van der Waals surface area contributed by atoms with Crippen molar-refractivity contribution in [3.63, 3.8) is 0 Å². The number of benzene rings is 1. The molecule has 1 nitrogen and oxygen atoms in total. The van der Waals surface area contributed by atoms with Crippen LogP contribution in [0.15, 0.2) is 18.2 Å². The first-order valence-corrected chi connectivity index (χ1v) is 6.60. The van der Waals surface area contributed by atoms with Gasteiger partial charge in [-0.15, -0.1) is 0 Å². The van der Waals surface area contributed by atoms with E-state index < -0.39 is 0 Å².